The first-order valence-electron chi connectivity index (χ1n) is 8.46. The number of carbonyl (C=O) groups excluding carboxylic acids is 1. The van der Waals surface area contributed by atoms with E-state index in [1.54, 1.807) is 6.33 Å². The van der Waals surface area contributed by atoms with Gasteiger partial charge in [-0.25, -0.2) is 14.8 Å². The molecule has 26 heavy (non-hydrogen) atoms. The zero-order valence-electron chi connectivity index (χ0n) is 15.1. The van der Waals surface area contributed by atoms with Crippen molar-refractivity contribution in [3.8, 4) is 0 Å². The molecule has 0 spiro atoms. The molecule has 7 nitrogen and oxygen atoms in total. The largest absolute Gasteiger partial charge is 0.345 e. The van der Waals surface area contributed by atoms with Crippen molar-refractivity contribution < 1.29 is 4.79 Å². The van der Waals surface area contributed by atoms with Gasteiger partial charge in [-0.2, -0.15) is 0 Å². The van der Waals surface area contributed by atoms with Gasteiger partial charge in [0.2, 0.25) is 5.95 Å². The highest BCUT2D eigenvalue weighted by molar-refractivity contribution is 5.89. The molecule has 0 bridgehead atoms. The lowest BCUT2D eigenvalue weighted by atomic mass is 10.2. The minimum Gasteiger partial charge on any atom is -0.345 e. The number of nitrogens with one attached hydrogen (secondary N) is 4. The second-order valence-corrected chi connectivity index (χ2v) is 6.01. The summed E-state index contributed by atoms with van der Waals surface area (Å²) < 4.78 is 0. The summed E-state index contributed by atoms with van der Waals surface area (Å²) in [6.07, 6.45) is 1.71. The zero-order valence-corrected chi connectivity index (χ0v) is 15.1. The summed E-state index contributed by atoms with van der Waals surface area (Å²) in [4.78, 5) is 25.7. The molecule has 0 radical (unpaired) electrons. The first-order valence-corrected chi connectivity index (χ1v) is 8.46. The number of rotatable bonds is 2. The number of aromatic amines is 2. The van der Waals surface area contributed by atoms with Gasteiger partial charge >= 0.3 is 6.03 Å². The SMILES string of the molecule is CCNC(=O)Nc1nc2ccc(C)cc2[nH]1.Cc1ccc2nc[nH]c2c1. The van der Waals surface area contributed by atoms with Gasteiger partial charge in [0.05, 0.1) is 28.4 Å². The first-order chi connectivity index (χ1) is 12.5. The first kappa shape index (κ1) is 17.5. The molecular formula is C19H22N6O. The minimum atomic E-state index is -0.252. The number of aromatic nitrogens is 4. The molecule has 2 amide bonds. The second-order valence-electron chi connectivity index (χ2n) is 6.01. The van der Waals surface area contributed by atoms with Gasteiger partial charge in [0.15, 0.2) is 0 Å². The van der Waals surface area contributed by atoms with Gasteiger partial charge in [-0.05, 0) is 56.2 Å². The number of fused-ring (bicyclic) bond motifs is 2. The van der Waals surface area contributed by atoms with Crippen molar-refractivity contribution in [2.75, 3.05) is 11.9 Å². The third-order valence-electron chi connectivity index (χ3n) is 3.78. The maximum absolute atomic E-state index is 11.3. The van der Waals surface area contributed by atoms with Crippen LogP contribution < -0.4 is 10.6 Å². The van der Waals surface area contributed by atoms with Crippen LogP contribution in [-0.2, 0) is 0 Å². The van der Waals surface area contributed by atoms with Gasteiger partial charge < -0.3 is 15.3 Å². The Morgan fingerprint density at radius 3 is 2.46 bits per heavy atom. The van der Waals surface area contributed by atoms with Crippen LogP contribution in [0.25, 0.3) is 22.1 Å². The van der Waals surface area contributed by atoms with E-state index in [0.29, 0.717) is 12.5 Å². The second kappa shape index (κ2) is 7.69. The molecule has 2 aromatic heterocycles. The average Bonchev–Trinajstić information content (AvgIpc) is 3.20. The summed E-state index contributed by atoms with van der Waals surface area (Å²) in [5, 5.41) is 5.27. The molecule has 134 valence electrons. The highest BCUT2D eigenvalue weighted by atomic mass is 16.2. The van der Waals surface area contributed by atoms with Crippen LogP contribution in [-0.4, -0.2) is 32.5 Å². The smallest absolute Gasteiger partial charge is 0.321 e. The number of aryl methyl sites for hydroxylation is 2. The summed E-state index contributed by atoms with van der Waals surface area (Å²) in [5.74, 6) is 0.464. The van der Waals surface area contributed by atoms with Crippen molar-refractivity contribution in [3.05, 3.63) is 53.9 Å². The summed E-state index contributed by atoms with van der Waals surface area (Å²) in [5.41, 5.74) is 6.33. The quantitative estimate of drug-likeness (QED) is 0.441. The Morgan fingerprint density at radius 2 is 1.73 bits per heavy atom. The topological polar surface area (TPSA) is 98.5 Å². The van der Waals surface area contributed by atoms with Crippen LogP contribution in [0.2, 0.25) is 0 Å². The number of carbonyl (C=O) groups is 1. The van der Waals surface area contributed by atoms with E-state index in [1.807, 2.05) is 38.1 Å². The lowest BCUT2D eigenvalue weighted by molar-refractivity contribution is 0.252. The van der Waals surface area contributed by atoms with Crippen molar-refractivity contribution >= 4 is 34.0 Å². The van der Waals surface area contributed by atoms with Crippen molar-refractivity contribution in [2.24, 2.45) is 0 Å². The average molecular weight is 350 g/mol. The Kier molecular flexibility index (Phi) is 5.17. The maximum Gasteiger partial charge on any atom is 0.321 e. The zero-order chi connectivity index (χ0) is 18.5. The molecule has 0 fully saturated rings. The molecule has 4 N–H and O–H groups in total. The molecule has 0 aliphatic carbocycles. The summed E-state index contributed by atoms with van der Waals surface area (Å²) >= 11 is 0. The Hall–Kier alpha value is -3.35. The molecule has 4 aromatic rings. The van der Waals surface area contributed by atoms with Crippen LogP contribution in [0.5, 0.6) is 0 Å². The number of anilines is 1. The van der Waals surface area contributed by atoms with Crippen molar-refractivity contribution in [1.29, 1.82) is 0 Å². The Bertz CT molecular complexity index is 1030. The van der Waals surface area contributed by atoms with Crippen molar-refractivity contribution in [3.63, 3.8) is 0 Å². The number of hydrogen-bond acceptors (Lipinski definition) is 3. The van der Waals surface area contributed by atoms with E-state index in [2.05, 4.69) is 49.6 Å². The number of urea groups is 1. The molecular weight excluding hydrogens is 328 g/mol. The van der Waals surface area contributed by atoms with E-state index < -0.39 is 0 Å². The number of hydrogen-bond donors (Lipinski definition) is 4. The summed E-state index contributed by atoms with van der Waals surface area (Å²) in [6, 6.07) is 11.8. The third kappa shape index (κ3) is 4.18. The fourth-order valence-electron chi connectivity index (χ4n) is 2.54. The normalized spacial score (nSPS) is 10.4. The molecule has 0 saturated heterocycles. The molecule has 0 aliphatic rings. The van der Waals surface area contributed by atoms with Crippen LogP contribution in [0.15, 0.2) is 42.7 Å². The van der Waals surface area contributed by atoms with Crippen molar-refractivity contribution in [1.82, 2.24) is 25.3 Å². The lowest BCUT2D eigenvalue weighted by Gasteiger charge is -2.00. The Morgan fingerprint density at radius 1 is 1.04 bits per heavy atom. The lowest BCUT2D eigenvalue weighted by Crippen LogP contribution is -2.28. The van der Waals surface area contributed by atoms with Gasteiger partial charge in [0.25, 0.3) is 0 Å². The molecule has 0 unspecified atom stereocenters. The van der Waals surface area contributed by atoms with E-state index >= 15 is 0 Å². The Balaban J connectivity index is 0.000000167. The molecule has 0 aliphatic heterocycles. The number of imidazole rings is 2. The van der Waals surface area contributed by atoms with Gasteiger partial charge in [0.1, 0.15) is 0 Å². The molecule has 0 atom stereocenters. The highest BCUT2D eigenvalue weighted by Crippen LogP contribution is 2.15. The van der Waals surface area contributed by atoms with Gasteiger partial charge in [-0.15, -0.1) is 0 Å². The number of H-pyrrole nitrogens is 2. The number of amides is 2. The van der Waals surface area contributed by atoms with Crippen LogP contribution in [0.1, 0.15) is 18.1 Å². The predicted octanol–water partition coefficient (Wildman–Crippen LogP) is 3.88. The van der Waals surface area contributed by atoms with Crippen LogP contribution in [0, 0.1) is 13.8 Å². The van der Waals surface area contributed by atoms with E-state index in [9.17, 15) is 4.79 Å². The predicted molar refractivity (Wildman–Crippen MR) is 104 cm³/mol. The van der Waals surface area contributed by atoms with E-state index in [4.69, 9.17) is 0 Å². The highest BCUT2D eigenvalue weighted by Gasteiger charge is 2.05. The van der Waals surface area contributed by atoms with E-state index in [0.717, 1.165) is 27.6 Å². The molecule has 2 aromatic carbocycles. The number of benzene rings is 2. The van der Waals surface area contributed by atoms with Crippen molar-refractivity contribution in [2.45, 2.75) is 20.8 Å². The maximum atomic E-state index is 11.3. The third-order valence-corrected chi connectivity index (χ3v) is 3.78. The summed E-state index contributed by atoms with van der Waals surface area (Å²) in [7, 11) is 0. The van der Waals surface area contributed by atoms with Crippen LogP contribution in [0.3, 0.4) is 0 Å². The molecule has 0 saturated carbocycles. The van der Waals surface area contributed by atoms with E-state index in [1.165, 1.54) is 5.56 Å². The Labute approximate surface area is 151 Å². The molecule has 7 heteroatoms. The van der Waals surface area contributed by atoms with Crippen LogP contribution in [0.4, 0.5) is 10.7 Å². The molecule has 2 heterocycles. The van der Waals surface area contributed by atoms with Gasteiger partial charge in [-0.1, -0.05) is 12.1 Å². The standard InChI is InChI=1S/C11H14N4O.C8H8N2/c1-3-12-11(16)15-10-13-8-5-4-7(2)6-9(8)14-10;1-6-2-3-7-8(4-6)10-5-9-7/h4-6H,3H2,1-2H3,(H3,12,13,14,15,16);2-5H,1H3,(H,9,10). The van der Waals surface area contributed by atoms with Gasteiger partial charge in [0, 0.05) is 6.54 Å². The van der Waals surface area contributed by atoms with E-state index in [-0.39, 0.29) is 6.03 Å². The monoisotopic (exact) mass is 350 g/mol. The fourth-order valence-corrected chi connectivity index (χ4v) is 2.54. The van der Waals surface area contributed by atoms with Gasteiger partial charge in [-0.3, -0.25) is 5.32 Å². The van der Waals surface area contributed by atoms with Crippen LogP contribution >= 0.6 is 0 Å². The molecule has 4 rings (SSSR count). The summed E-state index contributed by atoms with van der Waals surface area (Å²) in [6.45, 7) is 6.53. The number of nitrogens with zero attached hydrogens (tertiary/aromatic N) is 2. The fraction of sp³-hybridized carbons (Fsp3) is 0.211. The minimum absolute atomic E-state index is 0.252.